The summed E-state index contributed by atoms with van der Waals surface area (Å²) >= 11 is 0. The largest absolute Gasteiger partial charge is 0.381 e. The zero-order chi connectivity index (χ0) is 12.3. The zero-order valence-corrected chi connectivity index (χ0v) is 10.5. The average Bonchev–Trinajstić information content (AvgIpc) is 2.83. The Morgan fingerprint density at radius 3 is 3.06 bits per heavy atom. The molecule has 94 valence electrons. The Hall–Kier alpha value is -0.930. The lowest BCUT2D eigenvalue weighted by molar-refractivity contribution is 0.178. The smallest absolute Gasteiger partial charge is 0.127 e. The van der Waals surface area contributed by atoms with Gasteiger partial charge >= 0.3 is 0 Å². The summed E-state index contributed by atoms with van der Waals surface area (Å²) in [5.74, 6) is 0.431. The Labute approximate surface area is 102 Å². The van der Waals surface area contributed by atoms with Crippen LogP contribution in [0.3, 0.4) is 0 Å². The molecule has 1 fully saturated rings. The van der Waals surface area contributed by atoms with E-state index in [1.807, 2.05) is 13.0 Å². The topological polar surface area (TPSA) is 21.3 Å². The Morgan fingerprint density at radius 1 is 1.53 bits per heavy atom. The molecule has 1 saturated heterocycles. The predicted octanol–water partition coefficient (Wildman–Crippen LogP) is 2.65. The van der Waals surface area contributed by atoms with Crippen LogP contribution in [0.5, 0.6) is 0 Å². The normalized spacial score (nSPS) is 21.7. The van der Waals surface area contributed by atoms with Crippen molar-refractivity contribution in [1.82, 2.24) is 5.32 Å². The van der Waals surface area contributed by atoms with Gasteiger partial charge in [0, 0.05) is 24.8 Å². The Morgan fingerprint density at radius 2 is 2.35 bits per heavy atom. The van der Waals surface area contributed by atoms with Crippen LogP contribution in [0.1, 0.15) is 24.5 Å². The molecule has 0 aromatic heterocycles. The summed E-state index contributed by atoms with van der Waals surface area (Å²) in [6.07, 6.45) is 1.10. The summed E-state index contributed by atoms with van der Waals surface area (Å²) in [6.45, 7) is 6.40. The fraction of sp³-hybridized carbons (Fsp3) is 0.571. The molecule has 0 aliphatic carbocycles. The summed E-state index contributed by atoms with van der Waals surface area (Å²) in [7, 11) is 0. The molecule has 2 atom stereocenters. The van der Waals surface area contributed by atoms with Crippen molar-refractivity contribution in [2.45, 2.75) is 32.9 Å². The van der Waals surface area contributed by atoms with Crippen LogP contribution in [-0.4, -0.2) is 19.3 Å². The maximum Gasteiger partial charge on any atom is 0.127 e. The van der Waals surface area contributed by atoms with Gasteiger partial charge in [-0.3, -0.25) is 0 Å². The Balaban J connectivity index is 1.90. The van der Waals surface area contributed by atoms with Crippen LogP contribution in [0.4, 0.5) is 4.39 Å². The van der Waals surface area contributed by atoms with Crippen molar-refractivity contribution in [2.75, 3.05) is 13.2 Å². The van der Waals surface area contributed by atoms with E-state index in [-0.39, 0.29) is 5.82 Å². The Kier molecular flexibility index (Phi) is 4.13. The summed E-state index contributed by atoms with van der Waals surface area (Å²) in [5.41, 5.74) is 1.84. The van der Waals surface area contributed by atoms with Gasteiger partial charge in [-0.15, -0.1) is 0 Å². The molecule has 2 nitrogen and oxygen atoms in total. The van der Waals surface area contributed by atoms with Gasteiger partial charge in [0.2, 0.25) is 0 Å². The number of nitrogens with one attached hydrogen (secondary N) is 1. The summed E-state index contributed by atoms with van der Waals surface area (Å²) < 4.78 is 18.9. The summed E-state index contributed by atoms with van der Waals surface area (Å²) in [5, 5.41) is 3.39. The minimum atomic E-state index is -0.127. The van der Waals surface area contributed by atoms with Crippen LogP contribution in [0, 0.1) is 18.7 Å². The van der Waals surface area contributed by atoms with Crippen molar-refractivity contribution in [1.29, 1.82) is 0 Å². The second kappa shape index (κ2) is 5.61. The molecule has 0 bridgehead atoms. The molecule has 1 aliphatic rings. The van der Waals surface area contributed by atoms with Gasteiger partial charge in [-0.1, -0.05) is 17.7 Å². The first-order valence-electron chi connectivity index (χ1n) is 6.23. The van der Waals surface area contributed by atoms with Crippen LogP contribution in [0.15, 0.2) is 18.2 Å². The molecule has 0 amide bonds. The molecule has 0 radical (unpaired) electrons. The molecule has 0 spiro atoms. The van der Waals surface area contributed by atoms with E-state index >= 15 is 0 Å². The van der Waals surface area contributed by atoms with Gasteiger partial charge in [-0.25, -0.2) is 4.39 Å². The lowest BCUT2D eigenvalue weighted by atomic mass is 10.0. The highest BCUT2D eigenvalue weighted by molar-refractivity contribution is 5.23. The molecule has 1 aromatic carbocycles. The third-order valence-corrected chi connectivity index (χ3v) is 3.49. The van der Waals surface area contributed by atoms with Crippen LogP contribution >= 0.6 is 0 Å². The quantitative estimate of drug-likeness (QED) is 0.869. The van der Waals surface area contributed by atoms with Crippen molar-refractivity contribution in [2.24, 2.45) is 5.92 Å². The minimum absolute atomic E-state index is 0.127. The fourth-order valence-corrected chi connectivity index (χ4v) is 2.22. The summed E-state index contributed by atoms with van der Waals surface area (Å²) in [4.78, 5) is 0. The SMILES string of the molecule is Cc1ccc(F)c(CNC(C)C2CCOC2)c1. The van der Waals surface area contributed by atoms with E-state index in [4.69, 9.17) is 4.74 Å². The number of benzene rings is 1. The first kappa shape index (κ1) is 12.5. The Bertz CT molecular complexity index is 374. The zero-order valence-electron chi connectivity index (χ0n) is 10.5. The molecular formula is C14H20FNO. The first-order chi connectivity index (χ1) is 8.16. The van der Waals surface area contributed by atoms with Gasteiger partial charge in [0.1, 0.15) is 5.82 Å². The molecule has 1 heterocycles. The maximum absolute atomic E-state index is 13.5. The highest BCUT2D eigenvalue weighted by Crippen LogP contribution is 2.17. The van der Waals surface area contributed by atoms with Gasteiger partial charge in [-0.05, 0) is 32.3 Å². The molecular weight excluding hydrogens is 217 g/mol. The van der Waals surface area contributed by atoms with Crippen LogP contribution in [0.2, 0.25) is 0 Å². The van der Waals surface area contributed by atoms with E-state index in [0.29, 0.717) is 18.5 Å². The van der Waals surface area contributed by atoms with Gasteiger partial charge in [0.15, 0.2) is 0 Å². The van der Waals surface area contributed by atoms with E-state index in [2.05, 4.69) is 12.2 Å². The monoisotopic (exact) mass is 237 g/mol. The third kappa shape index (κ3) is 3.27. The number of rotatable bonds is 4. The number of hydrogen-bond donors (Lipinski definition) is 1. The predicted molar refractivity (Wildman–Crippen MR) is 66.4 cm³/mol. The summed E-state index contributed by atoms with van der Waals surface area (Å²) in [6, 6.07) is 5.61. The molecule has 2 unspecified atom stereocenters. The molecule has 0 saturated carbocycles. The highest BCUT2D eigenvalue weighted by atomic mass is 19.1. The van der Waals surface area contributed by atoms with E-state index in [9.17, 15) is 4.39 Å². The van der Waals surface area contributed by atoms with Crippen molar-refractivity contribution < 1.29 is 9.13 Å². The molecule has 2 rings (SSSR count). The number of halogens is 1. The molecule has 17 heavy (non-hydrogen) atoms. The molecule has 1 aliphatic heterocycles. The van der Waals surface area contributed by atoms with Crippen molar-refractivity contribution >= 4 is 0 Å². The van der Waals surface area contributed by atoms with Gasteiger partial charge in [0.05, 0.1) is 6.61 Å². The van der Waals surface area contributed by atoms with Gasteiger partial charge in [0.25, 0.3) is 0 Å². The highest BCUT2D eigenvalue weighted by Gasteiger charge is 2.21. The fourth-order valence-electron chi connectivity index (χ4n) is 2.22. The minimum Gasteiger partial charge on any atom is -0.381 e. The van der Waals surface area contributed by atoms with Gasteiger partial charge in [-0.2, -0.15) is 0 Å². The van der Waals surface area contributed by atoms with Crippen LogP contribution in [-0.2, 0) is 11.3 Å². The van der Waals surface area contributed by atoms with Crippen molar-refractivity contribution in [3.63, 3.8) is 0 Å². The lowest BCUT2D eigenvalue weighted by Gasteiger charge is -2.19. The number of aryl methyl sites for hydroxylation is 1. The van der Waals surface area contributed by atoms with Crippen molar-refractivity contribution in [3.8, 4) is 0 Å². The van der Waals surface area contributed by atoms with E-state index < -0.39 is 0 Å². The third-order valence-electron chi connectivity index (χ3n) is 3.49. The van der Waals surface area contributed by atoms with Crippen LogP contribution in [0.25, 0.3) is 0 Å². The standard InChI is InChI=1S/C14H20FNO/c1-10-3-4-14(15)13(7-10)8-16-11(2)12-5-6-17-9-12/h3-4,7,11-12,16H,5-6,8-9H2,1-2H3. The second-order valence-corrected chi connectivity index (χ2v) is 4.89. The number of hydrogen-bond acceptors (Lipinski definition) is 2. The first-order valence-corrected chi connectivity index (χ1v) is 6.23. The van der Waals surface area contributed by atoms with E-state index in [0.717, 1.165) is 30.8 Å². The van der Waals surface area contributed by atoms with Gasteiger partial charge < -0.3 is 10.1 Å². The second-order valence-electron chi connectivity index (χ2n) is 4.89. The van der Waals surface area contributed by atoms with Crippen molar-refractivity contribution in [3.05, 3.63) is 35.1 Å². The van der Waals surface area contributed by atoms with E-state index in [1.165, 1.54) is 6.07 Å². The maximum atomic E-state index is 13.5. The molecule has 1 aromatic rings. The number of ether oxygens (including phenoxy) is 1. The molecule has 1 N–H and O–H groups in total. The average molecular weight is 237 g/mol. The van der Waals surface area contributed by atoms with E-state index in [1.54, 1.807) is 6.07 Å². The van der Waals surface area contributed by atoms with Crippen LogP contribution < -0.4 is 5.32 Å². The molecule has 3 heteroatoms. The lowest BCUT2D eigenvalue weighted by Crippen LogP contribution is -2.33.